The minimum Gasteiger partial charge on any atom is -0.508 e. The van der Waals surface area contributed by atoms with E-state index in [2.05, 4.69) is 134 Å². The Bertz CT molecular complexity index is 8970. The van der Waals surface area contributed by atoms with Gasteiger partial charge in [-0.2, -0.15) is 0 Å². The third-order valence-corrected chi connectivity index (χ3v) is 24.9. The number of aryl methyl sites for hydroxylation is 12. The molecule has 0 radical (unpaired) electrons. The van der Waals surface area contributed by atoms with Gasteiger partial charge in [-0.25, -0.2) is 29.9 Å². The largest absolute Gasteiger partial charge is 2.00 e. The first kappa shape index (κ1) is 103. The third kappa shape index (κ3) is 18.4. The predicted molar refractivity (Wildman–Crippen MR) is 528 cm³/mol. The number of furan rings is 12. The summed E-state index contributed by atoms with van der Waals surface area (Å²) in [5.74, 6) is 6.52. The fourth-order valence-electron chi connectivity index (χ4n) is 17.7. The zero-order chi connectivity index (χ0) is 97.6. The molecule has 756 valence electrons. The molecule has 6 aromatic carbocycles. The van der Waals surface area contributed by atoms with Crippen molar-refractivity contribution in [2.75, 3.05) is 0 Å². The minimum atomic E-state index is 0. The summed E-state index contributed by atoms with van der Waals surface area (Å²) < 4.78 is 90.9. The molecular weight excluding hydrogens is 3000 g/mol. The summed E-state index contributed by atoms with van der Waals surface area (Å²) in [6.45, 7) is 0. The molecule has 0 bridgehead atoms. The molecule has 24 heterocycles. The number of hydrogen-bond acceptors (Lipinski definition) is 24. The second-order valence-corrected chi connectivity index (χ2v) is 34.4. The van der Waals surface area contributed by atoms with Gasteiger partial charge in [-0.1, -0.05) is 151 Å². The van der Waals surface area contributed by atoms with Gasteiger partial charge in [-0.15, -0.1) is 73.6 Å². The Morgan fingerprint density at radius 3 is 0.547 bits per heavy atom. The van der Waals surface area contributed by atoms with Crippen LogP contribution in [-0.2, 0) is 211 Å². The van der Waals surface area contributed by atoms with Gasteiger partial charge in [0, 0.05) is 167 Å². The molecule has 0 aliphatic heterocycles. The van der Waals surface area contributed by atoms with Crippen LogP contribution in [-0.4, -0.2) is 115 Å². The second kappa shape index (κ2) is 41.9. The molecule has 42 heteroatoms. The Morgan fingerprint density at radius 2 is 0.387 bits per heavy atom. The predicted octanol–water partition coefficient (Wildman–Crippen LogP) is 21.5. The summed E-state index contributed by atoms with van der Waals surface area (Å²) in [6.07, 6.45) is 70.6. The minimum absolute atomic E-state index is 0. The van der Waals surface area contributed by atoms with Gasteiger partial charge in [0.1, 0.15) is 29.1 Å². The first-order valence-electron chi connectivity index (χ1n) is 44.7. The van der Waals surface area contributed by atoms with Crippen LogP contribution in [0.3, 0.4) is 0 Å². The molecule has 0 fully saturated rings. The maximum atomic E-state index is 5.69. The van der Waals surface area contributed by atoms with Crippen LogP contribution in [0.15, 0.2) is 276 Å². The van der Waals surface area contributed by atoms with Gasteiger partial charge < -0.3 is 138 Å². The summed E-state index contributed by atoms with van der Waals surface area (Å²) in [7, 11) is 23.1. The van der Waals surface area contributed by atoms with Gasteiger partial charge in [-0.3, -0.25) is 0 Å². The summed E-state index contributed by atoms with van der Waals surface area (Å²) in [6, 6.07) is 31.8. The van der Waals surface area contributed by atoms with Crippen molar-refractivity contribution in [1.82, 2.24) is 115 Å². The molecule has 0 unspecified atom stereocenters. The van der Waals surface area contributed by atoms with Crippen molar-refractivity contribution in [3.8, 4) is 136 Å². The van der Waals surface area contributed by atoms with Crippen LogP contribution < -0.4 is 0 Å². The average Bonchev–Trinajstić information content (AvgIpc) is 1.62. The van der Waals surface area contributed by atoms with Crippen LogP contribution in [0, 0.1) is 74.0 Å². The van der Waals surface area contributed by atoms with Gasteiger partial charge in [0.15, 0.2) is 0 Å². The first-order valence-corrected chi connectivity index (χ1v) is 44.7. The summed E-state index contributed by atoms with van der Waals surface area (Å²) in [4.78, 5) is 52.1. The van der Waals surface area contributed by atoms with Crippen molar-refractivity contribution in [3.05, 3.63) is 297 Å². The molecule has 0 saturated heterocycles. The fraction of sp³-hybridized carbons (Fsp3) is 0.111. The molecule has 24 aromatic heterocycles. The number of benzene rings is 6. The van der Waals surface area contributed by atoms with Gasteiger partial charge in [0.2, 0.25) is 0 Å². The van der Waals surface area contributed by atoms with E-state index in [1.54, 1.807) is 145 Å². The van der Waals surface area contributed by atoms with Crippen LogP contribution >= 0.6 is 0 Å². The van der Waals surface area contributed by atoms with Crippen molar-refractivity contribution in [2.24, 2.45) is 84.6 Å². The molecular formula is C108H72N24O12Pt6. The Kier molecular flexibility index (Phi) is 28.8. The summed E-state index contributed by atoms with van der Waals surface area (Å²) >= 11 is 0. The molecule has 0 aliphatic rings. The fourth-order valence-corrected chi connectivity index (χ4v) is 17.7. The molecule has 0 amide bonds. The zero-order valence-corrected chi connectivity index (χ0v) is 93.9. The summed E-state index contributed by atoms with van der Waals surface area (Å²) in [5, 5.41) is 10.4. The molecule has 150 heavy (non-hydrogen) atoms. The molecule has 36 nitrogen and oxygen atoms in total. The monoisotopic (exact) mass is 3070 g/mol. The van der Waals surface area contributed by atoms with Crippen LogP contribution in [0.4, 0.5) is 0 Å². The number of imidazole rings is 12. The van der Waals surface area contributed by atoms with Crippen molar-refractivity contribution < 1.29 is 179 Å². The van der Waals surface area contributed by atoms with Crippen LogP contribution in [0.5, 0.6) is 0 Å². The third-order valence-electron chi connectivity index (χ3n) is 24.9. The van der Waals surface area contributed by atoms with E-state index in [1.807, 2.05) is 218 Å². The summed E-state index contributed by atoms with van der Waals surface area (Å²) in [5.41, 5.74) is 22.5. The van der Waals surface area contributed by atoms with E-state index >= 15 is 0 Å². The number of hydrogen-bond donors (Lipinski definition) is 0. The first-order chi connectivity index (χ1) is 70.3. The maximum absolute atomic E-state index is 5.69. The van der Waals surface area contributed by atoms with Gasteiger partial charge in [0.05, 0.1) is 117 Å². The Hall–Kier alpha value is -15.6. The second-order valence-electron chi connectivity index (χ2n) is 34.4. The smallest absolute Gasteiger partial charge is 0.508 e. The number of rotatable bonds is 12. The molecule has 0 spiro atoms. The standard InChI is InChI=1S/6C18H12N4O2.6Pt/c2*1-21-5-3-19-17(21)13-9-23-15-8-16-12(7-11(13)15)14(10-24-16)18-20-4-6-22(18)2;4*1-21-7-15(20-10-21)13-8-23-16-6-17-12(5-11(13)16)14(9-24-17)18-19-3-4-22(18)2;;;;;;/h2*3,5-6,8-10H,1-2H3;4,6-10H,1-2H3;3*3-4,6-9H,1-2H3;;;;;;/q6*-2;6*+2. The van der Waals surface area contributed by atoms with E-state index in [4.69, 9.17) is 53.0 Å². The number of nitrogens with zero attached hydrogens (tertiary/aromatic N) is 24. The zero-order valence-electron chi connectivity index (χ0n) is 80.3. The van der Waals surface area contributed by atoms with Crippen LogP contribution in [0.2, 0.25) is 0 Å². The van der Waals surface area contributed by atoms with E-state index in [0.29, 0.717) is 61.4 Å². The van der Waals surface area contributed by atoms with E-state index in [0.717, 1.165) is 206 Å². The topological polar surface area (TPSA) is 372 Å². The quantitative estimate of drug-likeness (QED) is 0.103. The Labute approximate surface area is 935 Å². The Balaban J connectivity index is 0.000000112. The molecule has 0 saturated carbocycles. The Morgan fingerprint density at radius 1 is 0.200 bits per heavy atom. The van der Waals surface area contributed by atoms with E-state index in [-0.39, 0.29) is 126 Å². The molecule has 0 atom stereocenters. The normalized spacial score (nSPS) is 11.3. The van der Waals surface area contributed by atoms with Crippen LogP contribution in [0.25, 0.3) is 268 Å². The van der Waals surface area contributed by atoms with Crippen LogP contribution in [0.1, 0.15) is 0 Å². The molecule has 30 rings (SSSR count). The van der Waals surface area contributed by atoms with E-state index in [1.165, 1.54) is 0 Å². The SMILES string of the molecule is Cn1[c-]nc(-c2coc3cc4occ(-c5nccn5C)c4[c-]c23)c1.Cn1[c-]nc(-c2coc3cc4occ(-c5nccn5C)c4[c-]c23)c1.Cn1[c-]nc(-c2coc3cc4occ(-c5nccn5C)c4[c-]c23)c1.Cn1c[c-]nc1-c1coc2cc3occ(-c4nccn4C)c3[c-]c12.Cn1c[c-]nc1-c1coc2cc3occ(-c4nccn4C)c3[c-]c12.Cn1cnc(-c2coc3cc4occ(-c5n[c-]cn5C)c4[c-]c23)c1.[Pt+2].[Pt+2].[Pt+2].[Pt+2].[Pt+2].[Pt+2]. The van der Waals surface area contributed by atoms with Gasteiger partial charge >= 0.3 is 126 Å². The maximum Gasteiger partial charge on any atom is 2.00 e. The average molecular weight is 3070 g/mol. The number of aromatic nitrogens is 24. The van der Waals surface area contributed by atoms with Gasteiger partial charge in [0.25, 0.3) is 0 Å². The van der Waals surface area contributed by atoms with Crippen molar-refractivity contribution in [3.63, 3.8) is 0 Å². The van der Waals surface area contributed by atoms with Crippen molar-refractivity contribution in [1.29, 1.82) is 0 Å². The molecule has 0 aliphatic carbocycles. The van der Waals surface area contributed by atoms with Crippen molar-refractivity contribution >= 4 is 132 Å². The van der Waals surface area contributed by atoms with E-state index < -0.39 is 0 Å². The van der Waals surface area contributed by atoms with E-state index in [9.17, 15) is 0 Å². The van der Waals surface area contributed by atoms with Crippen molar-refractivity contribution in [2.45, 2.75) is 0 Å². The molecule has 30 aromatic rings. The van der Waals surface area contributed by atoms with Gasteiger partial charge in [-0.05, 0) is 112 Å². The molecule has 0 N–H and O–H groups in total. The number of fused-ring (bicyclic) bond motifs is 12.